The van der Waals surface area contributed by atoms with Crippen LogP contribution in [0.25, 0.3) is 0 Å². The number of Topliss-reactive ketones (excluding diaryl/α,β-unsaturated/α-hetero) is 1. The number of hydrogen-bond donors (Lipinski definition) is 1. The number of carboxylic acid groups (broad SMARTS) is 1. The maximum absolute atomic E-state index is 13.4. The van der Waals surface area contributed by atoms with Gasteiger partial charge in [-0.2, -0.15) is 0 Å². The van der Waals surface area contributed by atoms with Gasteiger partial charge in [-0.25, -0.2) is 4.39 Å². The van der Waals surface area contributed by atoms with Gasteiger partial charge < -0.3 is 5.11 Å². The number of hydrogen-bond acceptors (Lipinski definition) is 2. The van der Waals surface area contributed by atoms with Crippen molar-refractivity contribution in [2.45, 2.75) is 25.7 Å². The Kier molecular flexibility index (Phi) is 3.75. The lowest BCUT2D eigenvalue weighted by Gasteiger charge is -2.09. The predicted octanol–water partition coefficient (Wildman–Crippen LogP) is 2.90. The average Bonchev–Trinajstić information content (AvgIpc) is 2.78. The van der Waals surface area contributed by atoms with E-state index in [1.807, 2.05) is 0 Å². The molecule has 1 aromatic carbocycles. The summed E-state index contributed by atoms with van der Waals surface area (Å²) in [5.74, 6) is -1.81. The van der Waals surface area contributed by atoms with E-state index in [9.17, 15) is 14.0 Å². The van der Waals surface area contributed by atoms with Crippen molar-refractivity contribution in [1.82, 2.24) is 0 Å². The van der Waals surface area contributed by atoms with Crippen molar-refractivity contribution in [1.29, 1.82) is 0 Å². The van der Waals surface area contributed by atoms with Gasteiger partial charge in [0.15, 0.2) is 5.78 Å². The lowest BCUT2D eigenvalue weighted by Crippen LogP contribution is -2.11. The molecule has 4 heteroatoms. The van der Waals surface area contributed by atoms with Gasteiger partial charge in [0, 0.05) is 6.42 Å². The van der Waals surface area contributed by atoms with Crippen molar-refractivity contribution in [2.75, 3.05) is 0 Å². The molecular weight excluding hydrogens is 235 g/mol. The molecule has 1 saturated carbocycles. The normalized spacial score (nSPS) is 22.9. The van der Waals surface area contributed by atoms with Crippen molar-refractivity contribution in [3.63, 3.8) is 0 Å². The van der Waals surface area contributed by atoms with Gasteiger partial charge in [-0.05, 0) is 37.3 Å². The molecule has 1 aliphatic carbocycles. The van der Waals surface area contributed by atoms with Crippen LogP contribution in [0.3, 0.4) is 0 Å². The lowest BCUT2D eigenvalue weighted by molar-refractivity contribution is -0.141. The van der Waals surface area contributed by atoms with Crippen molar-refractivity contribution in [2.24, 2.45) is 11.8 Å². The van der Waals surface area contributed by atoms with Gasteiger partial charge in [-0.1, -0.05) is 12.1 Å². The molecule has 18 heavy (non-hydrogen) atoms. The minimum Gasteiger partial charge on any atom is -0.481 e. The second kappa shape index (κ2) is 5.29. The van der Waals surface area contributed by atoms with Gasteiger partial charge in [0.05, 0.1) is 11.5 Å². The molecule has 2 rings (SSSR count). The molecule has 0 amide bonds. The molecule has 2 atom stereocenters. The maximum atomic E-state index is 13.4. The molecule has 96 valence electrons. The minimum absolute atomic E-state index is 0.0678. The van der Waals surface area contributed by atoms with Crippen molar-refractivity contribution in [3.8, 4) is 0 Å². The first-order chi connectivity index (χ1) is 8.58. The summed E-state index contributed by atoms with van der Waals surface area (Å²) in [5, 5.41) is 8.88. The lowest BCUT2D eigenvalue weighted by atomic mass is 9.95. The molecule has 0 unspecified atom stereocenters. The van der Waals surface area contributed by atoms with Gasteiger partial charge in [-0.15, -0.1) is 0 Å². The molecule has 3 nitrogen and oxygen atoms in total. The van der Waals surface area contributed by atoms with Crippen molar-refractivity contribution in [3.05, 3.63) is 35.6 Å². The van der Waals surface area contributed by atoms with Gasteiger partial charge in [-0.3, -0.25) is 9.59 Å². The quantitative estimate of drug-likeness (QED) is 0.836. The Labute approximate surface area is 105 Å². The fraction of sp³-hybridized carbons (Fsp3) is 0.429. The number of aliphatic carboxylic acids is 1. The van der Waals surface area contributed by atoms with E-state index in [1.54, 1.807) is 12.1 Å². The zero-order valence-electron chi connectivity index (χ0n) is 9.93. The summed E-state index contributed by atoms with van der Waals surface area (Å²) in [6.45, 7) is 0. The number of carbonyl (C=O) groups is 2. The summed E-state index contributed by atoms with van der Waals surface area (Å²) in [6.07, 6.45) is 2.11. The van der Waals surface area contributed by atoms with Crippen molar-refractivity contribution < 1.29 is 19.1 Å². The molecular formula is C14H15FO3. The van der Waals surface area contributed by atoms with Gasteiger partial charge in [0.2, 0.25) is 0 Å². The molecule has 1 fully saturated rings. The number of benzene rings is 1. The topological polar surface area (TPSA) is 54.4 Å². The van der Waals surface area contributed by atoms with Crippen LogP contribution in [0.15, 0.2) is 24.3 Å². The smallest absolute Gasteiger partial charge is 0.306 e. The van der Waals surface area contributed by atoms with E-state index < -0.39 is 11.8 Å². The highest BCUT2D eigenvalue weighted by Crippen LogP contribution is 2.34. The van der Waals surface area contributed by atoms with E-state index in [2.05, 4.69) is 0 Å². The Hall–Kier alpha value is -1.71. The summed E-state index contributed by atoms with van der Waals surface area (Å²) in [6, 6.07) is 5.91. The molecule has 0 bridgehead atoms. The summed E-state index contributed by atoms with van der Waals surface area (Å²) in [5.41, 5.74) is 0.108. The molecule has 1 aliphatic rings. The second-order valence-electron chi connectivity index (χ2n) is 4.82. The van der Waals surface area contributed by atoms with E-state index >= 15 is 0 Å². The molecule has 0 heterocycles. The zero-order valence-corrected chi connectivity index (χ0v) is 9.93. The highest BCUT2D eigenvalue weighted by Gasteiger charge is 2.31. The summed E-state index contributed by atoms with van der Waals surface area (Å²) in [7, 11) is 0. The standard InChI is InChI=1S/C14H15FO3/c15-12-4-2-1-3-11(12)13(16)8-9-5-6-10(7-9)14(17)18/h1-4,9-10H,5-8H2,(H,17,18)/t9-,10+/m1/s1. The zero-order chi connectivity index (χ0) is 13.1. The Bertz CT molecular complexity index is 470. The maximum Gasteiger partial charge on any atom is 0.306 e. The molecule has 1 aromatic rings. The number of carbonyl (C=O) groups excluding carboxylic acids is 1. The van der Waals surface area contributed by atoms with E-state index in [0.29, 0.717) is 12.8 Å². The Balaban J connectivity index is 1.97. The van der Waals surface area contributed by atoms with E-state index in [-0.39, 0.29) is 29.6 Å². The average molecular weight is 250 g/mol. The SMILES string of the molecule is O=C(C[C@@H]1CC[C@H](C(=O)O)C1)c1ccccc1F. The van der Waals surface area contributed by atoms with Crippen LogP contribution in [0, 0.1) is 17.7 Å². The minimum atomic E-state index is -0.796. The van der Waals surface area contributed by atoms with Crippen LogP contribution in [-0.4, -0.2) is 16.9 Å². The Morgan fingerprint density at radius 3 is 2.61 bits per heavy atom. The molecule has 0 spiro atoms. The van der Waals surface area contributed by atoms with Crippen LogP contribution in [0.2, 0.25) is 0 Å². The molecule has 0 saturated heterocycles. The molecule has 1 N–H and O–H groups in total. The second-order valence-corrected chi connectivity index (χ2v) is 4.82. The Morgan fingerprint density at radius 2 is 2.00 bits per heavy atom. The third-order valence-electron chi connectivity index (χ3n) is 3.54. The fourth-order valence-corrected chi connectivity index (χ4v) is 2.54. The van der Waals surface area contributed by atoms with Crippen LogP contribution in [0.4, 0.5) is 4.39 Å². The summed E-state index contributed by atoms with van der Waals surface area (Å²) in [4.78, 5) is 22.7. The fourth-order valence-electron chi connectivity index (χ4n) is 2.54. The van der Waals surface area contributed by atoms with Crippen LogP contribution in [0.1, 0.15) is 36.0 Å². The molecule has 0 aliphatic heterocycles. The van der Waals surface area contributed by atoms with Crippen LogP contribution >= 0.6 is 0 Å². The van der Waals surface area contributed by atoms with Gasteiger partial charge >= 0.3 is 5.97 Å². The van der Waals surface area contributed by atoms with Crippen LogP contribution in [0.5, 0.6) is 0 Å². The summed E-state index contributed by atoms with van der Waals surface area (Å²) < 4.78 is 13.4. The predicted molar refractivity (Wildman–Crippen MR) is 63.8 cm³/mol. The van der Waals surface area contributed by atoms with Crippen molar-refractivity contribution >= 4 is 11.8 Å². The first kappa shape index (κ1) is 12.7. The monoisotopic (exact) mass is 250 g/mol. The molecule has 0 aromatic heterocycles. The number of carboxylic acids is 1. The highest BCUT2D eigenvalue weighted by molar-refractivity contribution is 5.96. The highest BCUT2D eigenvalue weighted by atomic mass is 19.1. The third-order valence-corrected chi connectivity index (χ3v) is 3.54. The number of rotatable bonds is 4. The largest absolute Gasteiger partial charge is 0.481 e. The van der Waals surface area contributed by atoms with Crippen LogP contribution in [-0.2, 0) is 4.79 Å². The first-order valence-electron chi connectivity index (χ1n) is 6.08. The van der Waals surface area contributed by atoms with E-state index in [0.717, 1.165) is 6.42 Å². The van der Waals surface area contributed by atoms with E-state index in [1.165, 1.54) is 12.1 Å². The van der Waals surface area contributed by atoms with Gasteiger partial charge in [0.25, 0.3) is 0 Å². The number of halogens is 1. The van der Waals surface area contributed by atoms with E-state index in [4.69, 9.17) is 5.11 Å². The number of ketones is 1. The van der Waals surface area contributed by atoms with Gasteiger partial charge in [0.1, 0.15) is 5.82 Å². The Morgan fingerprint density at radius 1 is 1.28 bits per heavy atom. The first-order valence-corrected chi connectivity index (χ1v) is 6.08. The molecule has 0 radical (unpaired) electrons. The van der Waals surface area contributed by atoms with Crippen LogP contribution < -0.4 is 0 Å². The summed E-state index contributed by atoms with van der Waals surface area (Å²) >= 11 is 0. The third kappa shape index (κ3) is 2.75.